The second-order valence-electron chi connectivity index (χ2n) is 6.04. The predicted octanol–water partition coefficient (Wildman–Crippen LogP) is 2.70. The highest BCUT2D eigenvalue weighted by atomic mass is 32.2. The van der Waals surface area contributed by atoms with Gasteiger partial charge in [-0.1, -0.05) is 60.3 Å². The van der Waals surface area contributed by atoms with Crippen LogP contribution in [0.2, 0.25) is 0 Å². The molecule has 2 aromatic rings. The standard InChI is InChI=1S/C18H15N3O2S/c22-17-11-24-18(19-17)21-15(13-8-4-5-9-16(13)23-18)10-14(20-21)12-6-2-1-3-7-12/h1-9,15H,10-11H2,(H,19,22)/t15-,18-/m0/s1. The fraction of sp³-hybridized carbons (Fsp3) is 0.222. The maximum atomic E-state index is 11.9. The number of nitrogens with one attached hydrogen (secondary N) is 1. The number of ether oxygens (including phenoxy) is 1. The van der Waals surface area contributed by atoms with Gasteiger partial charge >= 0.3 is 5.18 Å². The number of hydrogen-bond acceptors (Lipinski definition) is 5. The van der Waals surface area contributed by atoms with Crippen LogP contribution in [0.5, 0.6) is 5.75 Å². The zero-order valence-corrected chi connectivity index (χ0v) is 13.6. The summed E-state index contributed by atoms with van der Waals surface area (Å²) in [6.45, 7) is 0. The number of hydrogen-bond donors (Lipinski definition) is 1. The van der Waals surface area contributed by atoms with Crippen LogP contribution in [0.3, 0.4) is 0 Å². The Morgan fingerprint density at radius 2 is 1.96 bits per heavy atom. The van der Waals surface area contributed by atoms with Crippen LogP contribution in [0.1, 0.15) is 23.6 Å². The van der Waals surface area contributed by atoms with Crippen molar-refractivity contribution in [3.8, 4) is 5.75 Å². The normalized spacial score (nSPS) is 27.3. The van der Waals surface area contributed by atoms with Crippen molar-refractivity contribution in [1.82, 2.24) is 10.3 Å². The zero-order valence-electron chi connectivity index (χ0n) is 12.8. The molecule has 1 spiro atoms. The molecule has 0 radical (unpaired) electrons. The summed E-state index contributed by atoms with van der Waals surface area (Å²) in [5.41, 5.74) is 3.23. The van der Waals surface area contributed by atoms with E-state index in [0.717, 1.165) is 29.0 Å². The van der Waals surface area contributed by atoms with E-state index in [2.05, 4.69) is 23.5 Å². The largest absolute Gasteiger partial charge is 0.440 e. The first-order valence-corrected chi connectivity index (χ1v) is 8.89. The monoisotopic (exact) mass is 337 g/mol. The second-order valence-corrected chi connectivity index (χ2v) is 7.17. The Balaban J connectivity index is 1.62. The average Bonchev–Trinajstić information content (AvgIpc) is 3.22. The molecule has 0 bridgehead atoms. The Morgan fingerprint density at radius 3 is 2.75 bits per heavy atom. The minimum atomic E-state index is -0.938. The number of thioether (sulfide) groups is 1. The second kappa shape index (κ2) is 5.01. The third kappa shape index (κ3) is 1.96. The van der Waals surface area contributed by atoms with Crippen molar-refractivity contribution in [1.29, 1.82) is 0 Å². The summed E-state index contributed by atoms with van der Waals surface area (Å²) >= 11 is 1.45. The molecule has 3 heterocycles. The van der Waals surface area contributed by atoms with E-state index in [9.17, 15) is 4.79 Å². The van der Waals surface area contributed by atoms with Gasteiger partial charge in [0.25, 0.3) is 0 Å². The van der Waals surface area contributed by atoms with Crippen molar-refractivity contribution in [2.75, 3.05) is 5.75 Å². The van der Waals surface area contributed by atoms with E-state index in [0.29, 0.717) is 5.75 Å². The molecule has 1 saturated heterocycles. The molecule has 2 atom stereocenters. The summed E-state index contributed by atoms with van der Waals surface area (Å²) in [4.78, 5) is 11.9. The summed E-state index contributed by atoms with van der Waals surface area (Å²) in [5, 5.41) is 8.80. The zero-order chi connectivity index (χ0) is 16.1. The molecule has 3 aliphatic heterocycles. The van der Waals surface area contributed by atoms with E-state index in [1.165, 1.54) is 11.8 Å². The lowest BCUT2D eigenvalue weighted by molar-refractivity contribution is -0.128. The molecule has 0 saturated carbocycles. The minimum Gasteiger partial charge on any atom is -0.440 e. The SMILES string of the molecule is O=C1CS[C@]2(N1)Oc1ccccc1[C@@H]1CC(c3ccccc3)=NN12. The molecule has 0 aliphatic carbocycles. The van der Waals surface area contributed by atoms with Crippen LogP contribution in [0.15, 0.2) is 59.7 Å². The van der Waals surface area contributed by atoms with E-state index in [-0.39, 0.29) is 11.9 Å². The number of rotatable bonds is 1. The quantitative estimate of drug-likeness (QED) is 0.869. The third-order valence-corrected chi connectivity index (χ3v) is 5.71. The highest BCUT2D eigenvalue weighted by molar-refractivity contribution is 8.01. The molecule has 5 rings (SSSR count). The number of hydrazone groups is 1. The summed E-state index contributed by atoms with van der Waals surface area (Å²) in [5.74, 6) is 1.17. The number of fused-ring (bicyclic) bond motifs is 4. The predicted molar refractivity (Wildman–Crippen MR) is 92.6 cm³/mol. The molecule has 1 N–H and O–H groups in total. The lowest BCUT2D eigenvalue weighted by atomic mass is 9.97. The molecule has 1 fully saturated rings. The van der Waals surface area contributed by atoms with E-state index < -0.39 is 5.18 Å². The van der Waals surface area contributed by atoms with Crippen molar-refractivity contribution >= 4 is 23.4 Å². The topological polar surface area (TPSA) is 53.9 Å². The van der Waals surface area contributed by atoms with Gasteiger partial charge in [0.15, 0.2) is 0 Å². The van der Waals surface area contributed by atoms with Crippen molar-refractivity contribution < 1.29 is 9.53 Å². The fourth-order valence-corrected chi connectivity index (χ4v) is 4.50. The third-order valence-electron chi connectivity index (χ3n) is 4.54. The van der Waals surface area contributed by atoms with Gasteiger partial charge in [-0.2, -0.15) is 5.10 Å². The molecular weight excluding hydrogens is 322 g/mol. The Labute approximate surface area is 143 Å². The number of carbonyl (C=O) groups is 1. The van der Waals surface area contributed by atoms with Crippen LogP contribution in [0.25, 0.3) is 0 Å². The van der Waals surface area contributed by atoms with Gasteiger partial charge in [0, 0.05) is 12.0 Å². The summed E-state index contributed by atoms with van der Waals surface area (Å²) in [7, 11) is 0. The number of nitrogens with zero attached hydrogens (tertiary/aromatic N) is 2. The number of para-hydroxylation sites is 1. The fourth-order valence-electron chi connectivity index (χ4n) is 3.46. The maximum absolute atomic E-state index is 11.9. The first kappa shape index (κ1) is 13.9. The molecule has 24 heavy (non-hydrogen) atoms. The molecule has 0 unspecified atom stereocenters. The van der Waals surface area contributed by atoms with Gasteiger partial charge in [0.05, 0.1) is 17.5 Å². The molecule has 1 amide bonds. The van der Waals surface area contributed by atoms with Crippen LogP contribution in [0, 0.1) is 0 Å². The first-order chi connectivity index (χ1) is 11.8. The van der Waals surface area contributed by atoms with Gasteiger partial charge in [0.1, 0.15) is 5.75 Å². The highest BCUT2D eigenvalue weighted by Crippen LogP contribution is 2.50. The van der Waals surface area contributed by atoms with Crippen LogP contribution >= 0.6 is 11.8 Å². The number of carbonyl (C=O) groups excluding carboxylic acids is 1. The summed E-state index contributed by atoms with van der Waals surface area (Å²) in [6.07, 6.45) is 0.794. The summed E-state index contributed by atoms with van der Waals surface area (Å²) < 4.78 is 6.20. The van der Waals surface area contributed by atoms with Crippen molar-refractivity contribution in [3.63, 3.8) is 0 Å². The molecule has 6 heteroatoms. The van der Waals surface area contributed by atoms with Gasteiger partial charge in [-0.15, -0.1) is 0 Å². The minimum absolute atomic E-state index is 0.0264. The van der Waals surface area contributed by atoms with Crippen LogP contribution in [0.4, 0.5) is 0 Å². The van der Waals surface area contributed by atoms with Crippen molar-refractivity contribution in [2.45, 2.75) is 17.6 Å². The Hall–Kier alpha value is -2.47. The lowest BCUT2D eigenvalue weighted by Gasteiger charge is -2.43. The highest BCUT2D eigenvalue weighted by Gasteiger charge is 2.55. The number of benzene rings is 2. The molecule has 3 aliphatic rings. The van der Waals surface area contributed by atoms with Crippen LogP contribution in [-0.4, -0.2) is 27.6 Å². The van der Waals surface area contributed by atoms with E-state index in [1.807, 2.05) is 41.4 Å². The van der Waals surface area contributed by atoms with Gasteiger partial charge in [-0.25, -0.2) is 5.01 Å². The van der Waals surface area contributed by atoms with E-state index >= 15 is 0 Å². The smallest absolute Gasteiger partial charge is 0.332 e. The molecule has 2 aromatic carbocycles. The van der Waals surface area contributed by atoms with E-state index in [1.54, 1.807) is 0 Å². The Bertz CT molecular complexity index is 854. The maximum Gasteiger partial charge on any atom is 0.332 e. The van der Waals surface area contributed by atoms with Gasteiger partial charge in [-0.3, -0.25) is 10.1 Å². The van der Waals surface area contributed by atoms with Crippen molar-refractivity contribution in [2.24, 2.45) is 5.10 Å². The number of amides is 1. The van der Waals surface area contributed by atoms with Crippen LogP contribution in [-0.2, 0) is 4.79 Å². The summed E-state index contributed by atoms with van der Waals surface area (Å²) in [6, 6.07) is 18.2. The van der Waals surface area contributed by atoms with Crippen LogP contribution < -0.4 is 10.1 Å². The lowest BCUT2D eigenvalue weighted by Crippen LogP contribution is -2.58. The van der Waals surface area contributed by atoms with E-state index in [4.69, 9.17) is 9.84 Å². The van der Waals surface area contributed by atoms with Gasteiger partial charge in [0.2, 0.25) is 5.91 Å². The molecule has 0 aromatic heterocycles. The molecule has 120 valence electrons. The van der Waals surface area contributed by atoms with Crippen molar-refractivity contribution in [3.05, 3.63) is 65.7 Å². The van der Waals surface area contributed by atoms with Gasteiger partial charge < -0.3 is 4.74 Å². The first-order valence-electron chi connectivity index (χ1n) is 7.90. The Kier molecular flexibility index (Phi) is 2.91. The molecular formula is C18H15N3O2S. The Morgan fingerprint density at radius 1 is 1.17 bits per heavy atom. The van der Waals surface area contributed by atoms with Gasteiger partial charge in [-0.05, 0) is 11.6 Å². The molecule has 5 nitrogen and oxygen atoms in total. The average molecular weight is 337 g/mol.